The summed E-state index contributed by atoms with van der Waals surface area (Å²) in [6.45, 7) is -0.926. The summed E-state index contributed by atoms with van der Waals surface area (Å²) in [5.74, 6) is -0.570. The third-order valence-corrected chi connectivity index (χ3v) is 4.47. The number of benzene rings is 2. The third kappa shape index (κ3) is 5.22. The summed E-state index contributed by atoms with van der Waals surface area (Å²) < 4.78 is 15.2. The zero-order valence-electron chi connectivity index (χ0n) is 15.8. The van der Waals surface area contributed by atoms with Gasteiger partial charge in [-0.05, 0) is 54.7 Å². The maximum Gasteiger partial charge on any atom is 0.344 e. The van der Waals surface area contributed by atoms with E-state index in [0.717, 1.165) is 19.3 Å². The van der Waals surface area contributed by atoms with Crippen LogP contribution in [0.4, 0.5) is 11.4 Å². The standard InChI is InChI=1S/C20H20N2O7/c1-27-15-7-8-17(18(10-15)22(25)26)21-19(23)11-29-20(24)12-28-16-6-5-13-3-2-4-14(13)9-16/h5-10H,2-4,11-12H2,1H3,(H,21,23). The van der Waals surface area contributed by atoms with Crippen LogP contribution < -0.4 is 14.8 Å². The van der Waals surface area contributed by atoms with Crippen molar-refractivity contribution in [2.24, 2.45) is 0 Å². The van der Waals surface area contributed by atoms with Crippen molar-refractivity contribution in [3.8, 4) is 11.5 Å². The summed E-state index contributed by atoms with van der Waals surface area (Å²) in [5.41, 5.74) is 2.16. The fourth-order valence-electron chi connectivity index (χ4n) is 3.05. The topological polar surface area (TPSA) is 117 Å². The third-order valence-electron chi connectivity index (χ3n) is 4.47. The number of aryl methyl sites for hydroxylation is 2. The van der Waals surface area contributed by atoms with Crippen molar-refractivity contribution < 1.29 is 28.7 Å². The maximum atomic E-state index is 12.0. The predicted octanol–water partition coefficient (Wildman–Crippen LogP) is 2.65. The van der Waals surface area contributed by atoms with E-state index in [1.165, 1.54) is 36.4 Å². The minimum Gasteiger partial charge on any atom is -0.496 e. The Morgan fingerprint density at radius 2 is 1.83 bits per heavy atom. The quantitative estimate of drug-likeness (QED) is 0.411. The van der Waals surface area contributed by atoms with Crippen molar-refractivity contribution in [2.45, 2.75) is 19.3 Å². The number of hydrogen-bond donors (Lipinski definition) is 1. The number of nitrogens with one attached hydrogen (secondary N) is 1. The van der Waals surface area contributed by atoms with E-state index in [1.807, 2.05) is 12.1 Å². The molecule has 2 aromatic rings. The molecule has 0 bridgehead atoms. The molecule has 152 valence electrons. The van der Waals surface area contributed by atoms with Gasteiger partial charge in [0.05, 0.1) is 18.1 Å². The molecular weight excluding hydrogens is 380 g/mol. The van der Waals surface area contributed by atoms with Gasteiger partial charge in [-0.25, -0.2) is 4.79 Å². The second-order valence-corrected chi connectivity index (χ2v) is 6.42. The van der Waals surface area contributed by atoms with Crippen LogP contribution in [0.25, 0.3) is 0 Å². The first kappa shape index (κ1) is 20.1. The Labute approximate surface area is 166 Å². The number of esters is 1. The van der Waals surface area contributed by atoms with Gasteiger partial charge in [0.15, 0.2) is 13.2 Å². The summed E-state index contributed by atoms with van der Waals surface area (Å²) >= 11 is 0. The van der Waals surface area contributed by atoms with Crippen LogP contribution in [0.3, 0.4) is 0 Å². The average Bonchev–Trinajstić information content (AvgIpc) is 3.18. The van der Waals surface area contributed by atoms with Crippen molar-refractivity contribution in [3.63, 3.8) is 0 Å². The van der Waals surface area contributed by atoms with Crippen LogP contribution >= 0.6 is 0 Å². The molecule has 3 rings (SSSR count). The predicted molar refractivity (Wildman–Crippen MR) is 103 cm³/mol. The van der Waals surface area contributed by atoms with E-state index in [4.69, 9.17) is 14.2 Å². The van der Waals surface area contributed by atoms with E-state index in [2.05, 4.69) is 5.32 Å². The van der Waals surface area contributed by atoms with E-state index in [0.29, 0.717) is 5.75 Å². The van der Waals surface area contributed by atoms with Crippen molar-refractivity contribution in [1.29, 1.82) is 0 Å². The van der Waals surface area contributed by atoms with Crippen molar-refractivity contribution in [2.75, 3.05) is 25.6 Å². The van der Waals surface area contributed by atoms with Crippen LogP contribution in [0.5, 0.6) is 11.5 Å². The fraction of sp³-hybridized carbons (Fsp3) is 0.300. The number of methoxy groups -OCH3 is 1. The molecule has 1 aliphatic carbocycles. The van der Waals surface area contributed by atoms with Gasteiger partial charge in [0.25, 0.3) is 11.6 Å². The first-order valence-electron chi connectivity index (χ1n) is 8.99. The Morgan fingerprint density at radius 3 is 2.59 bits per heavy atom. The Morgan fingerprint density at radius 1 is 1.07 bits per heavy atom. The van der Waals surface area contributed by atoms with Gasteiger partial charge in [0.1, 0.15) is 17.2 Å². The van der Waals surface area contributed by atoms with Gasteiger partial charge in [0.2, 0.25) is 0 Å². The first-order chi connectivity index (χ1) is 14.0. The molecule has 0 spiro atoms. The number of anilines is 1. The second-order valence-electron chi connectivity index (χ2n) is 6.42. The normalized spacial score (nSPS) is 12.0. The zero-order valence-corrected chi connectivity index (χ0v) is 15.8. The van der Waals surface area contributed by atoms with Crippen LogP contribution in [0.1, 0.15) is 17.5 Å². The number of fused-ring (bicyclic) bond motifs is 1. The number of ether oxygens (including phenoxy) is 3. The number of carbonyl (C=O) groups excluding carboxylic acids is 2. The van der Waals surface area contributed by atoms with Crippen molar-refractivity contribution in [1.82, 2.24) is 0 Å². The Balaban J connectivity index is 1.48. The minimum atomic E-state index is -0.718. The maximum absolute atomic E-state index is 12.0. The van der Waals surface area contributed by atoms with Gasteiger partial charge in [0, 0.05) is 0 Å². The fourth-order valence-corrected chi connectivity index (χ4v) is 3.05. The first-order valence-corrected chi connectivity index (χ1v) is 8.99. The molecule has 9 nitrogen and oxygen atoms in total. The van der Waals surface area contributed by atoms with Gasteiger partial charge in [-0.1, -0.05) is 6.07 Å². The van der Waals surface area contributed by atoms with Crippen molar-refractivity contribution >= 4 is 23.3 Å². The van der Waals surface area contributed by atoms with E-state index in [1.54, 1.807) is 6.07 Å². The molecule has 0 saturated heterocycles. The highest BCUT2D eigenvalue weighted by atomic mass is 16.6. The summed E-state index contributed by atoms with van der Waals surface area (Å²) in [7, 11) is 1.38. The molecule has 2 aromatic carbocycles. The molecule has 1 N–H and O–H groups in total. The van der Waals surface area contributed by atoms with Crippen LogP contribution in [0, 0.1) is 10.1 Å². The molecule has 0 fully saturated rings. The van der Waals surface area contributed by atoms with E-state index in [-0.39, 0.29) is 23.7 Å². The molecule has 0 heterocycles. The van der Waals surface area contributed by atoms with E-state index < -0.39 is 23.4 Å². The molecule has 0 aromatic heterocycles. The van der Waals surface area contributed by atoms with Gasteiger partial charge < -0.3 is 19.5 Å². The Kier molecular flexibility index (Phi) is 6.28. The number of carbonyl (C=O) groups is 2. The number of nitro groups is 1. The summed E-state index contributed by atoms with van der Waals surface area (Å²) in [5, 5.41) is 13.5. The highest BCUT2D eigenvalue weighted by Gasteiger charge is 2.18. The lowest BCUT2D eigenvalue weighted by Gasteiger charge is -2.09. The molecule has 1 amide bonds. The Hall–Kier alpha value is -3.62. The molecule has 9 heteroatoms. The van der Waals surface area contributed by atoms with Crippen LogP contribution in [-0.4, -0.2) is 37.1 Å². The lowest BCUT2D eigenvalue weighted by molar-refractivity contribution is -0.384. The summed E-state index contributed by atoms with van der Waals surface area (Å²) in [4.78, 5) is 34.3. The summed E-state index contributed by atoms with van der Waals surface area (Å²) in [6.07, 6.45) is 3.16. The number of nitro benzene ring substituents is 1. The highest BCUT2D eigenvalue weighted by Crippen LogP contribution is 2.29. The van der Waals surface area contributed by atoms with Crippen LogP contribution in [0.2, 0.25) is 0 Å². The summed E-state index contributed by atoms with van der Waals surface area (Å²) in [6, 6.07) is 9.69. The van der Waals surface area contributed by atoms with Gasteiger partial charge >= 0.3 is 5.97 Å². The SMILES string of the molecule is COc1ccc(NC(=O)COC(=O)COc2ccc3c(c2)CCC3)c([N+](=O)[O-])c1. The second kappa shape index (κ2) is 9.05. The molecule has 0 aliphatic heterocycles. The van der Waals surface area contributed by atoms with E-state index >= 15 is 0 Å². The molecule has 0 unspecified atom stereocenters. The largest absolute Gasteiger partial charge is 0.496 e. The molecule has 0 atom stereocenters. The minimum absolute atomic E-state index is 0.0220. The molecule has 0 radical (unpaired) electrons. The lowest BCUT2D eigenvalue weighted by Crippen LogP contribution is -2.24. The number of rotatable bonds is 8. The number of nitrogens with zero attached hydrogens (tertiary/aromatic N) is 1. The monoisotopic (exact) mass is 400 g/mol. The van der Waals surface area contributed by atoms with Crippen molar-refractivity contribution in [3.05, 3.63) is 57.6 Å². The van der Waals surface area contributed by atoms with Gasteiger partial charge in [-0.3, -0.25) is 14.9 Å². The molecule has 0 saturated carbocycles. The molecular formula is C20H20N2O7. The Bertz CT molecular complexity index is 942. The number of hydrogen-bond acceptors (Lipinski definition) is 7. The smallest absolute Gasteiger partial charge is 0.344 e. The van der Waals surface area contributed by atoms with Crippen LogP contribution in [-0.2, 0) is 27.2 Å². The number of amides is 1. The molecule has 1 aliphatic rings. The molecule has 29 heavy (non-hydrogen) atoms. The zero-order chi connectivity index (χ0) is 20.8. The lowest BCUT2D eigenvalue weighted by atomic mass is 10.1. The average molecular weight is 400 g/mol. The van der Waals surface area contributed by atoms with Crippen LogP contribution in [0.15, 0.2) is 36.4 Å². The highest BCUT2D eigenvalue weighted by molar-refractivity contribution is 5.95. The van der Waals surface area contributed by atoms with Gasteiger partial charge in [-0.15, -0.1) is 0 Å². The van der Waals surface area contributed by atoms with E-state index in [9.17, 15) is 19.7 Å². The van der Waals surface area contributed by atoms with Gasteiger partial charge in [-0.2, -0.15) is 0 Å².